The van der Waals surface area contributed by atoms with Crippen molar-refractivity contribution in [2.45, 2.75) is 44.8 Å². The van der Waals surface area contributed by atoms with E-state index in [2.05, 4.69) is 0 Å². The molecule has 0 spiro atoms. The van der Waals surface area contributed by atoms with Crippen LogP contribution in [0.1, 0.15) is 32.6 Å². The van der Waals surface area contributed by atoms with Crippen LogP contribution in [0, 0.1) is 0 Å². The molecule has 1 aliphatic carbocycles. The Kier molecular flexibility index (Phi) is 5.40. The zero-order valence-electron chi connectivity index (χ0n) is 11.1. The van der Waals surface area contributed by atoms with Gasteiger partial charge < -0.3 is 9.64 Å². The smallest absolute Gasteiger partial charge is 0.409 e. The van der Waals surface area contributed by atoms with E-state index in [-0.39, 0.29) is 18.2 Å². The van der Waals surface area contributed by atoms with E-state index in [0.29, 0.717) is 19.4 Å². The van der Waals surface area contributed by atoms with Crippen molar-refractivity contribution in [2.24, 2.45) is 0 Å². The Labute approximate surface area is 108 Å². The Morgan fingerprint density at radius 3 is 2.28 bits per heavy atom. The lowest BCUT2D eigenvalue weighted by Crippen LogP contribution is -2.41. The first kappa shape index (κ1) is 15.2. The lowest BCUT2D eigenvalue weighted by atomic mass is 9.92. The normalized spacial score (nSPS) is 24.6. The van der Waals surface area contributed by atoms with Gasteiger partial charge in [-0.3, -0.25) is 4.18 Å². The molecule has 18 heavy (non-hydrogen) atoms. The maximum Gasteiger partial charge on any atom is 0.409 e. The Hall–Kier alpha value is -0.820. The van der Waals surface area contributed by atoms with E-state index in [1.54, 1.807) is 18.9 Å². The monoisotopic (exact) mass is 279 g/mol. The summed E-state index contributed by atoms with van der Waals surface area (Å²) >= 11 is 0. The molecule has 0 saturated heterocycles. The number of hydrogen-bond acceptors (Lipinski definition) is 5. The fraction of sp³-hybridized carbons (Fsp3) is 0.909. The number of ether oxygens (including phenoxy) is 1. The number of hydrogen-bond donors (Lipinski definition) is 0. The zero-order chi connectivity index (χ0) is 13.8. The van der Waals surface area contributed by atoms with Gasteiger partial charge in [0.2, 0.25) is 0 Å². The van der Waals surface area contributed by atoms with Crippen LogP contribution in [0.4, 0.5) is 4.79 Å². The molecule has 0 heterocycles. The van der Waals surface area contributed by atoms with Crippen LogP contribution >= 0.6 is 0 Å². The fourth-order valence-electron chi connectivity index (χ4n) is 2.15. The molecule has 0 N–H and O–H groups in total. The van der Waals surface area contributed by atoms with Crippen LogP contribution in [0.3, 0.4) is 0 Å². The maximum atomic E-state index is 11.5. The first-order chi connectivity index (χ1) is 8.33. The highest BCUT2D eigenvalue weighted by Crippen LogP contribution is 2.25. The molecule has 0 atom stereocenters. The third-order valence-corrected chi connectivity index (χ3v) is 3.68. The van der Waals surface area contributed by atoms with Crippen molar-refractivity contribution in [1.29, 1.82) is 0 Å². The van der Waals surface area contributed by atoms with Gasteiger partial charge in [0, 0.05) is 13.1 Å². The summed E-state index contributed by atoms with van der Waals surface area (Å²) < 4.78 is 31.9. The minimum absolute atomic E-state index is 0.100. The Balaban J connectivity index is 2.41. The van der Waals surface area contributed by atoms with Gasteiger partial charge in [0.1, 0.15) is 0 Å². The van der Waals surface area contributed by atoms with Crippen LogP contribution < -0.4 is 0 Å². The van der Waals surface area contributed by atoms with Gasteiger partial charge in [0.15, 0.2) is 0 Å². The van der Waals surface area contributed by atoms with E-state index in [4.69, 9.17) is 8.92 Å². The number of carbonyl (C=O) groups excluding carboxylic acids is 1. The van der Waals surface area contributed by atoms with Gasteiger partial charge in [-0.15, -0.1) is 0 Å². The van der Waals surface area contributed by atoms with E-state index in [0.717, 1.165) is 19.1 Å². The second kappa shape index (κ2) is 6.38. The predicted molar refractivity (Wildman–Crippen MR) is 66.8 cm³/mol. The number of rotatable bonds is 4. The van der Waals surface area contributed by atoms with Gasteiger partial charge >= 0.3 is 6.09 Å². The average molecular weight is 279 g/mol. The van der Waals surface area contributed by atoms with Gasteiger partial charge in [-0.25, -0.2) is 4.79 Å². The van der Waals surface area contributed by atoms with E-state index >= 15 is 0 Å². The van der Waals surface area contributed by atoms with Crippen LogP contribution in [0.15, 0.2) is 0 Å². The molecule has 0 aliphatic heterocycles. The molecule has 1 aliphatic rings. The highest BCUT2D eigenvalue weighted by Gasteiger charge is 2.29. The maximum absolute atomic E-state index is 11.5. The van der Waals surface area contributed by atoms with Gasteiger partial charge in [-0.05, 0) is 32.6 Å². The summed E-state index contributed by atoms with van der Waals surface area (Å²) in [6.07, 6.45) is 3.22. The fourth-order valence-corrected chi connectivity index (χ4v) is 2.84. The summed E-state index contributed by atoms with van der Waals surface area (Å²) in [5.41, 5.74) is 0. The average Bonchev–Trinajstić information content (AvgIpc) is 2.27. The summed E-state index contributed by atoms with van der Waals surface area (Å²) in [6, 6.07) is 0.100. The van der Waals surface area contributed by atoms with Crippen molar-refractivity contribution < 1.29 is 22.1 Å². The summed E-state index contributed by atoms with van der Waals surface area (Å²) in [4.78, 5) is 13.1. The van der Waals surface area contributed by atoms with E-state index in [1.165, 1.54) is 0 Å². The van der Waals surface area contributed by atoms with Gasteiger partial charge in [0.25, 0.3) is 10.1 Å². The topological polar surface area (TPSA) is 72.9 Å². The summed E-state index contributed by atoms with van der Waals surface area (Å²) in [6.45, 7) is 2.12. The second-order valence-corrected chi connectivity index (χ2v) is 6.14. The molecule has 0 aromatic heterocycles. The Bertz CT molecular complexity index is 373. The number of carbonyl (C=O) groups is 1. The third kappa shape index (κ3) is 4.81. The molecule has 1 amide bonds. The molecule has 0 radical (unpaired) electrons. The predicted octanol–water partition coefficient (Wildman–Crippen LogP) is 1.36. The highest BCUT2D eigenvalue weighted by atomic mass is 32.2. The quantitative estimate of drug-likeness (QED) is 0.727. The number of amides is 1. The second-order valence-electron chi connectivity index (χ2n) is 4.54. The van der Waals surface area contributed by atoms with Crippen LogP contribution in [-0.2, 0) is 19.0 Å². The molecule has 106 valence electrons. The Morgan fingerprint density at radius 1 is 1.28 bits per heavy atom. The molecule has 1 fully saturated rings. The minimum Gasteiger partial charge on any atom is -0.450 e. The first-order valence-corrected chi connectivity index (χ1v) is 7.93. The SMILES string of the molecule is CCOC(=O)N(C)C1CCC(OS(C)(=O)=O)CC1. The van der Waals surface area contributed by atoms with Crippen LogP contribution in [0.25, 0.3) is 0 Å². The molecule has 7 heteroatoms. The van der Waals surface area contributed by atoms with Crippen LogP contribution in [0.2, 0.25) is 0 Å². The largest absolute Gasteiger partial charge is 0.450 e. The summed E-state index contributed by atoms with van der Waals surface area (Å²) in [7, 11) is -1.68. The molecule has 1 saturated carbocycles. The third-order valence-electron chi connectivity index (χ3n) is 3.06. The van der Waals surface area contributed by atoms with E-state index < -0.39 is 10.1 Å². The van der Waals surface area contributed by atoms with Crippen molar-refractivity contribution in [3.05, 3.63) is 0 Å². The molecular formula is C11H21NO5S. The minimum atomic E-state index is -3.39. The molecule has 0 bridgehead atoms. The van der Waals surface area contributed by atoms with Crippen molar-refractivity contribution in [2.75, 3.05) is 19.9 Å². The number of nitrogens with zero attached hydrogens (tertiary/aromatic N) is 1. The van der Waals surface area contributed by atoms with E-state index in [1.807, 2.05) is 0 Å². The van der Waals surface area contributed by atoms with Crippen molar-refractivity contribution in [3.63, 3.8) is 0 Å². The van der Waals surface area contributed by atoms with Gasteiger partial charge in [0.05, 0.1) is 19.0 Å². The molecular weight excluding hydrogens is 258 g/mol. The standard InChI is InChI=1S/C11H21NO5S/c1-4-16-11(13)12(2)9-5-7-10(8-6-9)17-18(3,14)15/h9-10H,4-8H2,1-3H3. The highest BCUT2D eigenvalue weighted by molar-refractivity contribution is 7.86. The molecule has 0 unspecified atom stereocenters. The summed E-state index contributed by atoms with van der Waals surface area (Å²) in [5, 5.41) is 0. The molecule has 0 aromatic rings. The van der Waals surface area contributed by atoms with E-state index in [9.17, 15) is 13.2 Å². The van der Waals surface area contributed by atoms with Gasteiger partial charge in [-0.1, -0.05) is 0 Å². The Morgan fingerprint density at radius 2 is 1.83 bits per heavy atom. The van der Waals surface area contributed by atoms with Crippen molar-refractivity contribution in [1.82, 2.24) is 4.90 Å². The lowest BCUT2D eigenvalue weighted by molar-refractivity contribution is 0.0743. The van der Waals surface area contributed by atoms with Crippen LogP contribution in [0.5, 0.6) is 0 Å². The van der Waals surface area contributed by atoms with Gasteiger partial charge in [-0.2, -0.15) is 8.42 Å². The molecule has 1 rings (SSSR count). The van der Waals surface area contributed by atoms with Crippen LogP contribution in [-0.4, -0.2) is 51.5 Å². The van der Waals surface area contributed by atoms with Crippen molar-refractivity contribution in [3.8, 4) is 0 Å². The lowest BCUT2D eigenvalue weighted by Gasteiger charge is -2.33. The zero-order valence-corrected chi connectivity index (χ0v) is 11.9. The molecule has 6 nitrogen and oxygen atoms in total. The molecule has 0 aromatic carbocycles. The summed E-state index contributed by atoms with van der Waals surface area (Å²) in [5.74, 6) is 0. The first-order valence-electron chi connectivity index (χ1n) is 6.11. The van der Waals surface area contributed by atoms with Crippen molar-refractivity contribution >= 4 is 16.2 Å².